The normalized spacial score (nSPS) is 27.2. The molecule has 2 heterocycles. The zero-order valence-corrected chi connectivity index (χ0v) is 13.0. The van der Waals surface area contributed by atoms with Crippen molar-refractivity contribution in [2.75, 3.05) is 0 Å². The van der Waals surface area contributed by atoms with E-state index in [2.05, 4.69) is 0 Å². The van der Waals surface area contributed by atoms with Crippen molar-refractivity contribution in [3.8, 4) is 17.2 Å². The number of ether oxygens (including phenoxy) is 3. The zero-order chi connectivity index (χ0) is 16.8. The van der Waals surface area contributed by atoms with Crippen molar-refractivity contribution in [3.05, 3.63) is 65.7 Å². The molecule has 0 radical (unpaired) electrons. The van der Waals surface area contributed by atoms with Gasteiger partial charge in [0.05, 0.1) is 10.9 Å². The van der Waals surface area contributed by atoms with E-state index in [1.807, 2.05) is 36.4 Å². The lowest BCUT2D eigenvalue weighted by molar-refractivity contribution is -0.148. The number of phenolic OH excluding ortho intramolecular Hbond substituents is 1. The zero-order valence-electron chi connectivity index (χ0n) is 13.0. The van der Waals surface area contributed by atoms with Gasteiger partial charge in [0.25, 0.3) is 0 Å². The Morgan fingerprint density at radius 3 is 2.28 bits per heavy atom. The minimum absolute atomic E-state index is 0.0251. The van der Waals surface area contributed by atoms with Crippen molar-refractivity contribution in [2.24, 2.45) is 0 Å². The molecule has 124 valence electrons. The second-order valence-electron chi connectivity index (χ2n) is 6.69. The molecule has 1 saturated heterocycles. The highest BCUT2D eigenvalue weighted by molar-refractivity contribution is 5.94. The molecule has 2 N–H and O–H groups in total. The van der Waals surface area contributed by atoms with Crippen LogP contribution < -0.4 is 9.47 Å². The topological polar surface area (TPSA) is 71.5 Å². The molecule has 2 aliphatic heterocycles. The Morgan fingerprint density at radius 1 is 0.880 bits per heavy atom. The number of aliphatic hydroxyl groups excluding tert-OH is 1. The Bertz CT molecular complexity index is 1000. The fraction of sp³-hybridized carbons (Fsp3) is 0.200. The van der Waals surface area contributed by atoms with Gasteiger partial charge in [-0.15, -0.1) is 0 Å². The summed E-state index contributed by atoms with van der Waals surface area (Å²) in [4.78, 5) is 0. The molecule has 3 atom stereocenters. The molecule has 6 rings (SSSR count). The molecule has 1 fully saturated rings. The summed E-state index contributed by atoms with van der Waals surface area (Å²) in [6.45, 7) is 0. The smallest absolute Gasteiger partial charge is 0.311 e. The molecule has 3 aromatic rings. The Morgan fingerprint density at radius 2 is 1.56 bits per heavy atom. The highest BCUT2D eigenvalue weighted by atomic mass is 16.8. The number of fused-ring (bicyclic) bond motifs is 4. The van der Waals surface area contributed by atoms with E-state index in [-0.39, 0.29) is 5.75 Å². The Labute approximate surface area is 143 Å². The first kappa shape index (κ1) is 13.5. The Balaban J connectivity index is 1.65. The van der Waals surface area contributed by atoms with Gasteiger partial charge in [-0.05, 0) is 29.1 Å². The van der Waals surface area contributed by atoms with Crippen LogP contribution in [0.3, 0.4) is 0 Å². The van der Waals surface area contributed by atoms with Gasteiger partial charge in [-0.3, -0.25) is 0 Å². The predicted molar refractivity (Wildman–Crippen MR) is 88.6 cm³/mol. The third-order valence-corrected chi connectivity index (χ3v) is 5.30. The first-order chi connectivity index (χ1) is 12.2. The second-order valence-corrected chi connectivity index (χ2v) is 6.69. The fourth-order valence-corrected chi connectivity index (χ4v) is 4.18. The van der Waals surface area contributed by atoms with Gasteiger partial charge in [0.15, 0.2) is 6.10 Å². The van der Waals surface area contributed by atoms with Crippen molar-refractivity contribution >= 4 is 10.8 Å². The maximum Gasteiger partial charge on any atom is 0.311 e. The second kappa shape index (κ2) is 4.25. The average Bonchev–Trinajstić information content (AvgIpc) is 3.42. The minimum Gasteiger partial charge on any atom is -0.507 e. The van der Waals surface area contributed by atoms with Crippen LogP contribution in [0.1, 0.15) is 17.2 Å². The van der Waals surface area contributed by atoms with Crippen molar-refractivity contribution in [1.82, 2.24) is 0 Å². The molecular formula is C20H14O5. The highest BCUT2D eigenvalue weighted by Gasteiger charge is 2.69. The van der Waals surface area contributed by atoms with Crippen LogP contribution in [-0.4, -0.2) is 22.4 Å². The standard InChI is InChI=1S/C20H14O5/c21-12-7-3-6-11-16(12)20(19-18(23-19)17(11)22)24-13-8-1-4-10-5-2-9-14(25-20)15(10)13/h1-9,17-19,21-22H/t17-,18+,19+/m0/s1. The average molecular weight is 334 g/mol. The summed E-state index contributed by atoms with van der Waals surface area (Å²) in [6.07, 6.45) is -1.69. The van der Waals surface area contributed by atoms with Crippen molar-refractivity contribution in [3.63, 3.8) is 0 Å². The molecule has 1 spiro atoms. The molecule has 3 aromatic carbocycles. The number of hydrogen-bond donors (Lipinski definition) is 2. The number of rotatable bonds is 0. The Hall–Kier alpha value is -2.76. The van der Waals surface area contributed by atoms with Crippen molar-refractivity contribution < 1.29 is 24.4 Å². The minimum atomic E-state index is -1.30. The van der Waals surface area contributed by atoms with Crippen LogP contribution in [0, 0.1) is 0 Å². The van der Waals surface area contributed by atoms with E-state index in [0.29, 0.717) is 22.6 Å². The first-order valence-electron chi connectivity index (χ1n) is 8.25. The Kier molecular flexibility index (Phi) is 2.30. The summed E-state index contributed by atoms with van der Waals surface area (Å²) in [6, 6.07) is 16.7. The van der Waals surface area contributed by atoms with Gasteiger partial charge in [0, 0.05) is 0 Å². The van der Waals surface area contributed by atoms with E-state index in [4.69, 9.17) is 14.2 Å². The summed E-state index contributed by atoms with van der Waals surface area (Å²) in [7, 11) is 0. The van der Waals surface area contributed by atoms with Crippen LogP contribution in [0.5, 0.6) is 17.2 Å². The molecule has 0 unspecified atom stereocenters. The van der Waals surface area contributed by atoms with Gasteiger partial charge in [0.2, 0.25) is 0 Å². The number of aromatic hydroxyl groups is 1. The maximum absolute atomic E-state index is 10.5. The van der Waals surface area contributed by atoms with E-state index < -0.39 is 24.1 Å². The number of phenols is 1. The number of benzene rings is 3. The number of aliphatic hydroxyl groups is 1. The van der Waals surface area contributed by atoms with E-state index >= 15 is 0 Å². The summed E-state index contributed by atoms with van der Waals surface area (Å²) < 4.78 is 18.4. The van der Waals surface area contributed by atoms with Gasteiger partial charge >= 0.3 is 5.79 Å². The summed E-state index contributed by atoms with van der Waals surface area (Å²) >= 11 is 0. The molecule has 0 amide bonds. The first-order valence-corrected chi connectivity index (χ1v) is 8.25. The maximum atomic E-state index is 10.5. The monoisotopic (exact) mass is 334 g/mol. The molecular weight excluding hydrogens is 320 g/mol. The van der Waals surface area contributed by atoms with E-state index in [1.165, 1.54) is 0 Å². The van der Waals surface area contributed by atoms with Gasteiger partial charge in [-0.1, -0.05) is 36.4 Å². The quantitative estimate of drug-likeness (QED) is 0.619. The molecule has 3 aliphatic rings. The number of epoxide rings is 1. The molecule has 1 aliphatic carbocycles. The SMILES string of the molecule is Oc1cccc2c1C1(Oc3cccc4cccc(c34)O1)[C@@H]1O[C@@H]1[C@H]2O. The van der Waals surface area contributed by atoms with Crippen LogP contribution >= 0.6 is 0 Å². The highest BCUT2D eigenvalue weighted by Crippen LogP contribution is 2.59. The molecule has 0 bridgehead atoms. The van der Waals surface area contributed by atoms with Crippen molar-refractivity contribution in [2.45, 2.75) is 24.1 Å². The van der Waals surface area contributed by atoms with Gasteiger partial charge < -0.3 is 24.4 Å². The third kappa shape index (κ3) is 1.55. The summed E-state index contributed by atoms with van der Waals surface area (Å²) in [5.41, 5.74) is 1.01. The largest absolute Gasteiger partial charge is 0.507 e. The lowest BCUT2D eigenvalue weighted by atomic mass is 9.83. The van der Waals surface area contributed by atoms with Crippen LogP contribution in [0.4, 0.5) is 0 Å². The molecule has 0 aromatic heterocycles. The molecule has 5 heteroatoms. The molecule has 0 saturated carbocycles. The van der Waals surface area contributed by atoms with Gasteiger partial charge in [0.1, 0.15) is 29.5 Å². The van der Waals surface area contributed by atoms with E-state index in [0.717, 1.165) is 10.8 Å². The van der Waals surface area contributed by atoms with Crippen LogP contribution in [0.25, 0.3) is 10.8 Å². The summed E-state index contributed by atoms with van der Waals surface area (Å²) in [5.74, 6) is 0.0863. The van der Waals surface area contributed by atoms with Crippen LogP contribution in [-0.2, 0) is 10.5 Å². The molecule has 5 nitrogen and oxygen atoms in total. The van der Waals surface area contributed by atoms with E-state index in [9.17, 15) is 10.2 Å². The fourth-order valence-electron chi connectivity index (χ4n) is 4.18. The van der Waals surface area contributed by atoms with Crippen LogP contribution in [0.15, 0.2) is 54.6 Å². The third-order valence-electron chi connectivity index (χ3n) is 5.30. The van der Waals surface area contributed by atoms with E-state index in [1.54, 1.807) is 18.2 Å². The number of hydrogen-bond acceptors (Lipinski definition) is 5. The lowest BCUT2D eigenvalue weighted by Crippen LogP contribution is -2.50. The van der Waals surface area contributed by atoms with Gasteiger partial charge in [-0.2, -0.15) is 0 Å². The van der Waals surface area contributed by atoms with Gasteiger partial charge in [-0.25, -0.2) is 0 Å². The lowest BCUT2D eigenvalue weighted by Gasteiger charge is -2.41. The van der Waals surface area contributed by atoms with Crippen molar-refractivity contribution in [1.29, 1.82) is 0 Å². The molecule has 25 heavy (non-hydrogen) atoms. The summed E-state index contributed by atoms with van der Waals surface area (Å²) in [5, 5.41) is 23.0. The predicted octanol–water partition coefficient (Wildman–Crippen LogP) is 2.98. The van der Waals surface area contributed by atoms with Crippen LogP contribution in [0.2, 0.25) is 0 Å².